The Balaban J connectivity index is 0.00000200. The van der Waals surface area contributed by atoms with Gasteiger partial charge >= 0.3 is 0 Å². The molecule has 0 saturated carbocycles. The number of amides is 1. The van der Waals surface area contributed by atoms with Gasteiger partial charge < -0.3 is 10.2 Å². The van der Waals surface area contributed by atoms with Crippen LogP contribution in [-0.2, 0) is 4.79 Å². The molecule has 2 fully saturated rings. The number of likely N-dealkylation sites (tertiary alicyclic amines) is 2. The van der Waals surface area contributed by atoms with Crippen molar-refractivity contribution < 1.29 is 4.79 Å². The number of likely N-dealkylation sites (N-methyl/N-ethyl adjacent to an activating group) is 1. The van der Waals surface area contributed by atoms with Gasteiger partial charge in [-0.3, -0.25) is 9.69 Å². The molecule has 2 saturated heterocycles. The SMILES string of the molecule is CNCC1CCCN1C(=O)C(C)N1CCCCCC1.Cl.Cl. The molecule has 6 heteroatoms. The number of nitrogens with zero attached hydrogens (tertiary/aromatic N) is 2. The highest BCUT2D eigenvalue weighted by Gasteiger charge is 2.33. The molecule has 0 radical (unpaired) electrons. The summed E-state index contributed by atoms with van der Waals surface area (Å²) in [5, 5.41) is 3.22. The van der Waals surface area contributed by atoms with Gasteiger partial charge in [0, 0.05) is 19.1 Å². The molecule has 1 amide bonds. The molecule has 0 aliphatic carbocycles. The van der Waals surface area contributed by atoms with Crippen LogP contribution in [-0.4, -0.2) is 61.0 Å². The largest absolute Gasteiger partial charge is 0.337 e. The number of carbonyl (C=O) groups is 1. The Labute approximate surface area is 141 Å². The highest BCUT2D eigenvalue weighted by molar-refractivity contribution is 5.85. The maximum absolute atomic E-state index is 12.7. The summed E-state index contributed by atoms with van der Waals surface area (Å²) in [6.45, 7) is 6.17. The zero-order valence-corrected chi connectivity index (χ0v) is 15.0. The summed E-state index contributed by atoms with van der Waals surface area (Å²) in [4.78, 5) is 17.2. The van der Waals surface area contributed by atoms with E-state index in [9.17, 15) is 4.79 Å². The van der Waals surface area contributed by atoms with Crippen LogP contribution in [0.3, 0.4) is 0 Å². The molecule has 21 heavy (non-hydrogen) atoms. The number of hydrogen-bond acceptors (Lipinski definition) is 3. The Hall–Kier alpha value is -0.0300. The third-order valence-electron chi connectivity index (χ3n) is 4.65. The van der Waals surface area contributed by atoms with Crippen molar-refractivity contribution in [1.29, 1.82) is 0 Å². The molecule has 2 aliphatic rings. The van der Waals surface area contributed by atoms with E-state index in [4.69, 9.17) is 0 Å². The van der Waals surface area contributed by atoms with Crippen LogP contribution in [0.25, 0.3) is 0 Å². The second-order valence-electron chi connectivity index (χ2n) is 6.01. The van der Waals surface area contributed by atoms with Gasteiger partial charge in [0.05, 0.1) is 6.04 Å². The lowest BCUT2D eigenvalue weighted by Gasteiger charge is -2.33. The summed E-state index contributed by atoms with van der Waals surface area (Å²) in [6, 6.07) is 0.475. The summed E-state index contributed by atoms with van der Waals surface area (Å²) in [6.07, 6.45) is 7.45. The van der Waals surface area contributed by atoms with E-state index in [0.29, 0.717) is 11.9 Å². The Morgan fingerprint density at radius 3 is 2.29 bits per heavy atom. The van der Waals surface area contributed by atoms with Crippen molar-refractivity contribution in [3.05, 3.63) is 0 Å². The highest BCUT2D eigenvalue weighted by atomic mass is 35.5. The molecule has 126 valence electrons. The molecule has 2 heterocycles. The van der Waals surface area contributed by atoms with Crippen molar-refractivity contribution in [2.45, 2.75) is 57.5 Å². The summed E-state index contributed by atoms with van der Waals surface area (Å²) >= 11 is 0. The van der Waals surface area contributed by atoms with Crippen molar-refractivity contribution >= 4 is 30.7 Å². The molecule has 2 aliphatic heterocycles. The van der Waals surface area contributed by atoms with Gasteiger partial charge in [0.2, 0.25) is 5.91 Å². The molecule has 1 N–H and O–H groups in total. The first-order chi connectivity index (χ1) is 9.24. The fraction of sp³-hybridized carbons (Fsp3) is 0.933. The highest BCUT2D eigenvalue weighted by Crippen LogP contribution is 2.20. The van der Waals surface area contributed by atoms with Gasteiger partial charge in [0.1, 0.15) is 0 Å². The van der Waals surface area contributed by atoms with Gasteiger partial charge in [-0.1, -0.05) is 12.8 Å². The van der Waals surface area contributed by atoms with E-state index in [1.54, 1.807) is 0 Å². The maximum Gasteiger partial charge on any atom is 0.239 e. The molecule has 2 atom stereocenters. The Morgan fingerprint density at radius 1 is 1.10 bits per heavy atom. The monoisotopic (exact) mass is 339 g/mol. The average molecular weight is 340 g/mol. The molecule has 0 bridgehead atoms. The zero-order chi connectivity index (χ0) is 13.7. The topological polar surface area (TPSA) is 35.6 Å². The fourth-order valence-corrected chi connectivity index (χ4v) is 3.45. The summed E-state index contributed by atoms with van der Waals surface area (Å²) in [5.41, 5.74) is 0. The number of halogens is 2. The van der Waals surface area contributed by atoms with Crippen molar-refractivity contribution in [2.75, 3.05) is 33.2 Å². The molecule has 2 rings (SSSR count). The van der Waals surface area contributed by atoms with Crippen molar-refractivity contribution in [3.63, 3.8) is 0 Å². The van der Waals surface area contributed by atoms with Gasteiger partial charge in [-0.25, -0.2) is 0 Å². The van der Waals surface area contributed by atoms with Crippen molar-refractivity contribution in [1.82, 2.24) is 15.1 Å². The second-order valence-corrected chi connectivity index (χ2v) is 6.01. The van der Waals surface area contributed by atoms with E-state index < -0.39 is 0 Å². The average Bonchev–Trinajstić information content (AvgIpc) is 2.71. The maximum atomic E-state index is 12.7. The van der Waals surface area contributed by atoms with Gasteiger partial charge in [-0.15, -0.1) is 24.8 Å². The summed E-state index contributed by atoms with van der Waals surface area (Å²) < 4.78 is 0. The van der Waals surface area contributed by atoms with E-state index >= 15 is 0 Å². The van der Waals surface area contributed by atoms with E-state index in [0.717, 1.165) is 39.0 Å². The van der Waals surface area contributed by atoms with Crippen LogP contribution in [0, 0.1) is 0 Å². The molecule has 0 aromatic carbocycles. The predicted octanol–water partition coefficient (Wildman–Crippen LogP) is 2.30. The van der Waals surface area contributed by atoms with E-state index in [2.05, 4.69) is 22.0 Å². The van der Waals surface area contributed by atoms with Crippen molar-refractivity contribution in [3.8, 4) is 0 Å². The van der Waals surface area contributed by atoms with Crippen molar-refractivity contribution in [2.24, 2.45) is 0 Å². The van der Waals surface area contributed by atoms with Crippen LogP contribution >= 0.6 is 24.8 Å². The third-order valence-corrected chi connectivity index (χ3v) is 4.65. The van der Waals surface area contributed by atoms with Gasteiger partial charge in [0.25, 0.3) is 0 Å². The first kappa shape index (κ1) is 21.0. The Kier molecular flexibility index (Phi) is 10.6. The first-order valence-corrected chi connectivity index (χ1v) is 7.93. The number of nitrogens with one attached hydrogen (secondary N) is 1. The van der Waals surface area contributed by atoms with Crippen LogP contribution in [0.2, 0.25) is 0 Å². The van der Waals surface area contributed by atoms with E-state index in [-0.39, 0.29) is 30.9 Å². The van der Waals surface area contributed by atoms with E-state index in [1.165, 1.54) is 25.7 Å². The standard InChI is InChI=1S/C15H29N3O.2ClH/c1-13(17-9-5-3-4-6-10-17)15(19)18-11-7-8-14(18)12-16-2;;/h13-14,16H,3-12H2,1-2H3;2*1H. The molecular formula is C15H31Cl2N3O. The van der Waals surface area contributed by atoms with Gasteiger partial charge in [0.15, 0.2) is 0 Å². The second kappa shape index (κ2) is 10.7. The first-order valence-electron chi connectivity index (χ1n) is 7.93. The van der Waals surface area contributed by atoms with Crippen LogP contribution in [0.5, 0.6) is 0 Å². The predicted molar refractivity (Wildman–Crippen MR) is 92.7 cm³/mol. The smallest absolute Gasteiger partial charge is 0.239 e. The van der Waals surface area contributed by atoms with Gasteiger partial charge in [-0.2, -0.15) is 0 Å². The Morgan fingerprint density at radius 2 is 1.71 bits per heavy atom. The minimum atomic E-state index is 0. The number of hydrogen-bond donors (Lipinski definition) is 1. The third kappa shape index (κ3) is 5.59. The summed E-state index contributed by atoms with van der Waals surface area (Å²) in [5.74, 6) is 0.347. The molecular weight excluding hydrogens is 309 g/mol. The molecule has 0 spiro atoms. The normalized spacial score (nSPS) is 24.7. The molecule has 0 aromatic rings. The van der Waals surface area contributed by atoms with Crippen LogP contribution < -0.4 is 5.32 Å². The minimum absolute atomic E-state index is 0. The lowest BCUT2D eigenvalue weighted by molar-refractivity contribution is -0.137. The van der Waals surface area contributed by atoms with E-state index in [1.807, 2.05) is 7.05 Å². The van der Waals surface area contributed by atoms with Crippen LogP contribution in [0.15, 0.2) is 0 Å². The zero-order valence-electron chi connectivity index (χ0n) is 13.3. The Bertz CT molecular complexity index is 297. The minimum Gasteiger partial charge on any atom is -0.337 e. The fourth-order valence-electron chi connectivity index (χ4n) is 3.45. The lowest BCUT2D eigenvalue weighted by Crippen LogP contribution is -2.50. The molecule has 0 aromatic heterocycles. The number of carbonyl (C=O) groups excluding carboxylic acids is 1. The summed E-state index contributed by atoms with van der Waals surface area (Å²) in [7, 11) is 1.97. The van der Waals surface area contributed by atoms with Crippen LogP contribution in [0.4, 0.5) is 0 Å². The van der Waals surface area contributed by atoms with Crippen LogP contribution in [0.1, 0.15) is 45.4 Å². The molecule has 2 unspecified atom stereocenters. The van der Waals surface area contributed by atoms with Gasteiger partial charge in [-0.05, 0) is 52.7 Å². The number of rotatable bonds is 4. The quantitative estimate of drug-likeness (QED) is 0.853. The molecule has 4 nitrogen and oxygen atoms in total. The lowest BCUT2D eigenvalue weighted by atomic mass is 10.2.